The van der Waals surface area contributed by atoms with Crippen molar-refractivity contribution in [3.63, 3.8) is 0 Å². The zero-order chi connectivity index (χ0) is 18.1. The molecule has 0 saturated carbocycles. The Balaban J connectivity index is 1.59. The minimum absolute atomic E-state index is 0.0202. The van der Waals surface area contributed by atoms with Crippen LogP contribution in [-0.4, -0.2) is 11.8 Å². The Bertz CT molecular complexity index is 1040. The molecule has 1 aliphatic rings. The molecule has 0 atom stereocenters. The maximum atomic E-state index is 13.8. The second-order valence-corrected chi connectivity index (χ2v) is 6.43. The van der Waals surface area contributed by atoms with Crippen molar-refractivity contribution in [2.24, 2.45) is 0 Å². The number of rotatable bonds is 3. The average Bonchev–Trinajstić information content (AvgIpc) is 3.26. The summed E-state index contributed by atoms with van der Waals surface area (Å²) >= 11 is 1.27. The Morgan fingerprint density at radius 2 is 1.96 bits per heavy atom. The quantitative estimate of drug-likeness (QED) is 0.382. The fourth-order valence-electron chi connectivity index (χ4n) is 2.52. The zero-order valence-electron chi connectivity index (χ0n) is 13.3. The number of hydrogen-bond acceptors (Lipinski definition) is 5. The van der Waals surface area contributed by atoms with E-state index in [0.29, 0.717) is 10.4 Å². The fourth-order valence-corrected chi connectivity index (χ4v) is 3.11. The monoisotopic (exact) mass is 366 g/mol. The van der Waals surface area contributed by atoms with Crippen LogP contribution in [0.2, 0.25) is 0 Å². The maximum Gasteiger partial charge on any atom is 0.353 e. The van der Waals surface area contributed by atoms with E-state index in [2.05, 4.69) is 0 Å². The largest absolute Gasteiger partial charge is 0.452 e. The molecular weight excluding hydrogens is 355 g/mol. The van der Waals surface area contributed by atoms with Gasteiger partial charge in [-0.3, -0.25) is 4.79 Å². The van der Waals surface area contributed by atoms with Gasteiger partial charge in [0.05, 0.1) is 5.56 Å². The van der Waals surface area contributed by atoms with Gasteiger partial charge in [-0.1, -0.05) is 24.3 Å². The van der Waals surface area contributed by atoms with Gasteiger partial charge in [0.25, 0.3) is 0 Å². The van der Waals surface area contributed by atoms with Crippen molar-refractivity contribution in [3.8, 4) is 11.5 Å². The lowest BCUT2D eigenvalue weighted by atomic mass is 10.1. The molecule has 0 unspecified atom stereocenters. The third-order valence-electron chi connectivity index (χ3n) is 3.77. The average molecular weight is 366 g/mol. The Morgan fingerprint density at radius 3 is 2.73 bits per heavy atom. The number of carbonyl (C=O) groups excluding carboxylic acids is 2. The summed E-state index contributed by atoms with van der Waals surface area (Å²) in [5.41, 5.74) is 0.594. The highest BCUT2D eigenvalue weighted by molar-refractivity contribution is 7.12. The number of esters is 1. The first-order valence-electron chi connectivity index (χ1n) is 7.70. The van der Waals surface area contributed by atoms with Crippen molar-refractivity contribution in [2.45, 2.75) is 0 Å². The minimum atomic E-state index is -0.480. The normalized spacial score (nSPS) is 14.2. The number of ketones is 1. The lowest BCUT2D eigenvalue weighted by Gasteiger charge is -2.04. The summed E-state index contributed by atoms with van der Waals surface area (Å²) in [6, 6.07) is 14.0. The van der Waals surface area contributed by atoms with Gasteiger partial charge in [-0.25, -0.2) is 9.18 Å². The number of carbonyl (C=O) groups is 2. The molecule has 0 spiro atoms. The molecule has 26 heavy (non-hydrogen) atoms. The molecule has 0 N–H and O–H groups in total. The first-order chi connectivity index (χ1) is 12.6. The van der Waals surface area contributed by atoms with Crippen LogP contribution >= 0.6 is 11.3 Å². The Morgan fingerprint density at radius 1 is 1.12 bits per heavy atom. The third kappa shape index (κ3) is 3.02. The van der Waals surface area contributed by atoms with Crippen LogP contribution in [0.4, 0.5) is 4.39 Å². The van der Waals surface area contributed by atoms with E-state index >= 15 is 0 Å². The third-order valence-corrected chi connectivity index (χ3v) is 4.62. The van der Waals surface area contributed by atoms with Crippen LogP contribution in [0.3, 0.4) is 0 Å². The first-order valence-corrected chi connectivity index (χ1v) is 8.58. The summed E-state index contributed by atoms with van der Waals surface area (Å²) < 4.78 is 24.6. The molecule has 3 aromatic rings. The summed E-state index contributed by atoms with van der Waals surface area (Å²) in [7, 11) is 0. The summed E-state index contributed by atoms with van der Waals surface area (Å²) in [5, 5.41) is 1.78. The predicted molar refractivity (Wildman–Crippen MR) is 95.1 cm³/mol. The van der Waals surface area contributed by atoms with Gasteiger partial charge in [0, 0.05) is 11.6 Å². The van der Waals surface area contributed by atoms with Crippen LogP contribution in [0.1, 0.15) is 25.6 Å². The van der Waals surface area contributed by atoms with E-state index in [1.165, 1.54) is 41.7 Å². The molecule has 0 radical (unpaired) electrons. The van der Waals surface area contributed by atoms with Crippen molar-refractivity contribution >= 4 is 29.2 Å². The van der Waals surface area contributed by atoms with Gasteiger partial charge in [0.1, 0.15) is 22.2 Å². The van der Waals surface area contributed by atoms with E-state index in [4.69, 9.17) is 9.47 Å². The lowest BCUT2D eigenvalue weighted by molar-refractivity contribution is 0.0739. The molecule has 4 rings (SSSR count). The molecule has 0 aliphatic carbocycles. The molecule has 4 nitrogen and oxygen atoms in total. The summed E-state index contributed by atoms with van der Waals surface area (Å²) in [6.45, 7) is 0. The van der Waals surface area contributed by atoms with Gasteiger partial charge in [-0.15, -0.1) is 11.3 Å². The number of halogens is 1. The Labute approximate surface area is 152 Å². The lowest BCUT2D eigenvalue weighted by Crippen LogP contribution is -2.06. The molecular formula is C20H11FO4S. The minimum Gasteiger partial charge on any atom is -0.452 e. The van der Waals surface area contributed by atoms with Crippen LogP contribution in [0.5, 0.6) is 11.5 Å². The number of benzene rings is 2. The topological polar surface area (TPSA) is 52.6 Å². The van der Waals surface area contributed by atoms with Gasteiger partial charge in [0.15, 0.2) is 5.76 Å². The van der Waals surface area contributed by atoms with Crippen LogP contribution in [0, 0.1) is 5.82 Å². The zero-order valence-corrected chi connectivity index (χ0v) is 14.1. The van der Waals surface area contributed by atoms with Gasteiger partial charge in [-0.2, -0.15) is 0 Å². The van der Waals surface area contributed by atoms with Crippen molar-refractivity contribution in [1.29, 1.82) is 0 Å². The van der Waals surface area contributed by atoms with E-state index in [-0.39, 0.29) is 28.6 Å². The Kier molecular flexibility index (Phi) is 4.10. The number of Topliss-reactive ketones (excluding diaryl/α,β-unsaturated/α-hetero) is 1. The van der Waals surface area contributed by atoms with Crippen molar-refractivity contribution < 1.29 is 23.5 Å². The molecule has 6 heteroatoms. The van der Waals surface area contributed by atoms with Gasteiger partial charge >= 0.3 is 5.97 Å². The molecule has 0 bridgehead atoms. The SMILES string of the molecule is O=C(Oc1ccc2c(c1)O/C(=C\c1ccccc1F)C2=O)c1cccs1. The van der Waals surface area contributed by atoms with Crippen molar-refractivity contribution in [3.05, 3.63) is 87.6 Å². The smallest absolute Gasteiger partial charge is 0.353 e. The molecule has 2 heterocycles. The highest BCUT2D eigenvalue weighted by Gasteiger charge is 2.28. The fraction of sp³-hybridized carbons (Fsp3) is 0. The molecule has 1 aromatic heterocycles. The maximum absolute atomic E-state index is 13.8. The first kappa shape index (κ1) is 16.2. The van der Waals surface area contributed by atoms with E-state index in [1.807, 2.05) is 0 Å². The van der Waals surface area contributed by atoms with Crippen molar-refractivity contribution in [1.82, 2.24) is 0 Å². The van der Waals surface area contributed by atoms with Crippen LogP contribution in [-0.2, 0) is 0 Å². The van der Waals surface area contributed by atoms with Crippen LogP contribution in [0.25, 0.3) is 6.08 Å². The second kappa shape index (κ2) is 6.57. The van der Waals surface area contributed by atoms with E-state index in [9.17, 15) is 14.0 Å². The summed E-state index contributed by atoms with van der Waals surface area (Å²) in [5.74, 6) is -0.716. The number of hydrogen-bond donors (Lipinski definition) is 0. The molecule has 0 amide bonds. The van der Waals surface area contributed by atoms with E-state index < -0.39 is 11.8 Å². The number of fused-ring (bicyclic) bond motifs is 1. The summed E-state index contributed by atoms with van der Waals surface area (Å²) in [4.78, 5) is 24.9. The highest BCUT2D eigenvalue weighted by Crippen LogP contribution is 2.35. The van der Waals surface area contributed by atoms with E-state index in [1.54, 1.807) is 35.7 Å². The second-order valence-electron chi connectivity index (χ2n) is 5.49. The highest BCUT2D eigenvalue weighted by atomic mass is 32.1. The molecule has 1 aliphatic heterocycles. The molecule has 0 saturated heterocycles. The number of ether oxygens (including phenoxy) is 2. The predicted octanol–water partition coefficient (Wildman–Crippen LogP) is 4.72. The standard InChI is InChI=1S/C20H11FO4S/c21-15-5-2-1-4-12(15)10-17-19(22)14-8-7-13(11-16(14)25-17)24-20(23)18-6-3-9-26-18/h1-11H/b17-10-. The molecule has 2 aromatic carbocycles. The van der Waals surface area contributed by atoms with Crippen LogP contribution < -0.4 is 9.47 Å². The van der Waals surface area contributed by atoms with E-state index in [0.717, 1.165) is 0 Å². The van der Waals surface area contributed by atoms with Gasteiger partial charge in [0.2, 0.25) is 5.78 Å². The molecule has 128 valence electrons. The van der Waals surface area contributed by atoms with Crippen molar-refractivity contribution in [2.75, 3.05) is 0 Å². The van der Waals surface area contributed by atoms with Gasteiger partial charge < -0.3 is 9.47 Å². The summed E-state index contributed by atoms with van der Waals surface area (Å²) in [6.07, 6.45) is 1.36. The molecule has 0 fully saturated rings. The number of allylic oxidation sites excluding steroid dienone is 1. The Hall–Kier alpha value is -3.25. The van der Waals surface area contributed by atoms with Crippen LogP contribution in [0.15, 0.2) is 65.7 Å². The number of thiophene rings is 1. The van der Waals surface area contributed by atoms with Gasteiger partial charge in [-0.05, 0) is 35.7 Å².